The average Bonchev–Trinajstić information content (AvgIpc) is 3.32. The molecule has 0 saturated carbocycles. The van der Waals surface area contributed by atoms with Gasteiger partial charge in [-0.3, -0.25) is 14.6 Å². The molecule has 0 aliphatic rings. The third kappa shape index (κ3) is 6.64. The summed E-state index contributed by atoms with van der Waals surface area (Å²) in [7, 11) is 3.21. The minimum absolute atomic E-state index is 0.0114. The number of hydrogen-bond acceptors (Lipinski definition) is 7. The van der Waals surface area contributed by atoms with Crippen molar-refractivity contribution < 1.29 is 29.2 Å². The number of benzene rings is 4. The molecule has 3 N–H and O–H groups in total. The van der Waals surface area contributed by atoms with E-state index >= 15 is 0 Å². The zero-order valence-electron chi connectivity index (χ0n) is 23.0. The third-order valence-electron chi connectivity index (χ3n) is 6.79. The van der Waals surface area contributed by atoms with Crippen LogP contribution in [0.4, 0.5) is 0 Å². The summed E-state index contributed by atoms with van der Waals surface area (Å²) < 4.78 is 17.1. The highest BCUT2D eigenvalue weighted by Crippen LogP contribution is 2.39. The van der Waals surface area contributed by atoms with Crippen molar-refractivity contribution in [3.63, 3.8) is 0 Å². The van der Waals surface area contributed by atoms with Crippen molar-refractivity contribution in [2.24, 2.45) is 0 Å². The normalized spacial score (nSPS) is 10.8. The molecule has 9 heteroatoms. The van der Waals surface area contributed by atoms with Gasteiger partial charge in [0, 0.05) is 18.9 Å². The molecule has 0 unspecified atom stereocenters. The van der Waals surface area contributed by atoms with E-state index < -0.39 is 5.97 Å². The number of carboxylic acid groups (broad SMARTS) is 1. The van der Waals surface area contributed by atoms with Crippen LogP contribution in [-0.4, -0.2) is 35.4 Å². The number of carbonyl (C=O) groups is 1. The number of H-pyrrole nitrogens is 1. The van der Waals surface area contributed by atoms with Crippen LogP contribution in [0, 0.1) is 0 Å². The largest absolute Gasteiger partial charge is 0.497 e. The second kappa shape index (κ2) is 12.7. The average molecular weight is 584 g/mol. The van der Waals surface area contributed by atoms with E-state index in [1.165, 1.54) is 0 Å². The van der Waals surface area contributed by atoms with Crippen molar-refractivity contribution in [1.29, 1.82) is 0 Å². The molecule has 5 rings (SSSR count). The molecular formula is C33H29NO7S. The smallest absolute Gasteiger partial charge is 0.307 e. The van der Waals surface area contributed by atoms with Gasteiger partial charge in [0.2, 0.25) is 5.88 Å². The summed E-state index contributed by atoms with van der Waals surface area (Å²) in [5.41, 5.74) is 5.51. The zero-order valence-corrected chi connectivity index (χ0v) is 23.9. The molecule has 42 heavy (non-hydrogen) atoms. The lowest BCUT2D eigenvalue weighted by atomic mass is 9.88. The van der Waals surface area contributed by atoms with Gasteiger partial charge in [0.1, 0.15) is 23.0 Å². The second-order valence-electron chi connectivity index (χ2n) is 9.57. The molecule has 8 nitrogen and oxygen atoms in total. The van der Waals surface area contributed by atoms with E-state index in [-0.39, 0.29) is 17.2 Å². The van der Waals surface area contributed by atoms with Crippen molar-refractivity contribution in [3.8, 4) is 51.1 Å². The highest BCUT2D eigenvalue weighted by Gasteiger charge is 2.16. The topological polar surface area (TPSA) is 118 Å². The molecule has 0 amide bonds. The summed E-state index contributed by atoms with van der Waals surface area (Å²) in [5.74, 6) is 1.64. The molecule has 0 radical (unpaired) electrons. The Kier molecular flexibility index (Phi) is 8.59. The van der Waals surface area contributed by atoms with E-state index in [1.54, 1.807) is 14.2 Å². The Morgan fingerprint density at radius 3 is 2.05 bits per heavy atom. The molecule has 5 aromatic rings. The van der Waals surface area contributed by atoms with Crippen LogP contribution in [0.25, 0.3) is 22.3 Å². The quantitative estimate of drug-likeness (QED) is 0.155. The summed E-state index contributed by atoms with van der Waals surface area (Å²) in [5, 5.41) is 19.2. The zero-order chi connectivity index (χ0) is 29.6. The maximum absolute atomic E-state index is 11.4. The number of methoxy groups -OCH3 is 2. The van der Waals surface area contributed by atoms with E-state index in [4.69, 9.17) is 14.2 Å². The van der Waals surface area contributed by atoms with Crippen LogP contribution in [0.3, 0.4) is 0 Å². The number of aromatic nitrogens is 1. The molecule has 1 aromatic heterocycles. The Morgan fingerprint density at radius 1 is 0.833 bits per heavy atom. The predicted octanol–water partition coefficient (Wildman–Crippen LogP) is 6.89. The van der Waals surface area contributed by atoms with Gasteiger partial charge in [0.15, 0.2) is 0 Å². The molecule has 214 valence electrons. The number of aromatic hydroxyl groups is 1. The molecule has 0 aliphatic heterocycles. The highest BCUT2D eigenvalue weighted by atomic mass is 32.1. The van der Waals surface area contributed by atoms with Crippen molar-refractivity contribution in [1.82, 2.24) is 4.98 Å². The van der Waals surface area contributed by atoms with Gasteiger partial charge in [-0.25, -0.2) is 0 Å². The predicted molar refractivity (Wildman–Crippen MR) is 162 cm³/mol. The number of hydrogen-bond donors (Lipinski definition) is 3. The number of rotatable bonds is 11. The molecular weight excluding hydrogens is 554 g/mol. The fourth-order valence-corrected chi connectivity index (χ4v) is 5.51. The maximum atomic E-state index is 11.4. The van der Waals surface area contributed by atoms with Crippen molar-refractivity contribution in [2.45, 2.75) is 19.3 Å². The second-order valence-corrected chi connectivity index (χ2v) is 10.6. The van der Waals surface area contributed by atoms with Crippen LogP contribution in [0.15, 0.2) is 89.7 Å². The molecule has 0 bridgehead atoms. The first-order valence-corrected chi connectivity index (χ1v) is 14.0. The van der Waals surface area contributed by atoms with Gasteiger partial charge in [-0.1, -0.05) is 53.8 Å². The lowest BCUT2D eigenvalue weighted by Gasteiger charge is -2.17. The minimum Gasteiger partial charge on any atom is -0.497 e. The number of carboxylic acids is 1. The Bertz CT molecular complexity index is 1730. The molecule has 1 heterocycles. The van der Waals surface area contributed by atoms with Crippen molar-refractivity contribution in [2.75, 3.05) is 14.2 Å². The number of aromatic amines is 1. The first-order chi connectivity index (χ1) is 20.3. The van der Waals surface area contributed by atoms with E-state index in [0.29, 0.717) is 40.7 Å². The fraction of sp³-hybridized carbons (Fsp3) is 0.152. The van der Waals surface area contributed by atoms with Gasteiger partial charge in [0.05, 0.1) is 19.1 Å². The number of thiazole rings is 1. The number of aryl methyl sites for hydroxylation is 1. The summed E-state index contributed by atoms with van der Waals surface area (Å²) >= 11 is 0.990. The molecule has 0 atom stereocenters. The van der Waals surface area contributed by atoms with Gasteiger partial charge in [0.25, 0.3) is 0 Å². The van der Waals surface area contributed by atoms with Crippen LogP contribution in [0.1, 0.15) is 22.4 Å². The van der Waals surface area contributed by atoms with Gasteiger partial charge in [-0.05, 0) is 76.2 Å². The number of aliphatic carboxylic acids is 1. The van der Waals surface area contributed by atoms with Gasteiger partial charge in [-0.15, -0.1) is 0 Å². The van der Waals surface area contributed by atoms with Gasteiger partial charge in [-0.2, -0.15) is 0 Å². The molecule has 0 spiro atoms. The van der Waals surface area contributed by atoms with Crippen LogP contribution < -0.4 is 19.1 Å². The molecule has 0 fully saturated rings. The maximum Gasteiger partial charge on any atom is 0.307 e. The van der Waals surface area contributed by atoms with Gasteiger partial charge < -0.3 is 24.4 Å². The first kappa shape index (κ1) is 28.5. The van der Waals surface area contributed by atoms with E-state index in [0.717, 1.165) is 44.7 Å². The highest BCUT2D eigenvalue weighted by molar-refractivity contribution is 7.09. The number of ether oxygens (including phenoxy) is 3. The number of nitrogens with one attached hydrogen (secondary N) is 1. The van der Waals surface area contributed by atoms with Crippen LogP contribution in [0.2, 0.25) is 0 Å². The van der Waals surface area contributed by atoms with Crippen LogP contribution in [0.5, 0.6) is 28.9 Å². The lowest BCUT2D eigenvalue weighted by molar-refractivity contribution is -0.136. The van der Waals surface area contributed by atoms with E-state index in [9.17, 15) is 19.8 Å². The van der Waals surface area contributed by atoms with Crippen LogP contribution in [-0.2, 0) is 17.6 Å². The Labute approximate surface area is 246 Å². The molecule has 0 saturated heterocycles. The van der Waals surface area contributed by atoms with Crippen molar-refractivity contribution in [3.05, 3.63) is 111 Å². The Balaban J connectivity index is 1.43. The standard InChI is InChI=1S/C33H29NO7S/c1-39-26-17-23(18-27(19-26)40-2)28-5-3-4-21(10-15-30(35)36)31(28)22-8-13-25(14-9-22)41-24-11-6-20(7-12-24)16-29-32(37)34-33(38)42-29/h3-9,11-14,17-19,37H,10,15-16H2,1-2H3,(H,34,38)(H,35,36). The summed E-state index contributed by atoms with van der Waals surface area (Å²) in [6.07, 6.45) is 0.825. The van der Waals surface area contributed by atoms with E-state index in [2.05, 4.69) is 4.98 Å². The SMILES string of the molecule is COc1cc(OC)cc(-c2cccc(CCC(=O)O)c2-c2ccc(Oc3ccc(Cc4sc(=O)[nH]c4O)cc3)cc2)c1. The van der Waals surface area contributed by atoms with Gasteiger partial charge >= 0.3 is 10.8 Å². The van der Waals surface area contributed by atoms with Crippen molar-refractivity contribution >= 4 is 17.3 Å². The van der Waals surface area contributed by atoms with E-state index in [1.807, 2.05) is 84.9 Å². The summed E-state index contributed by atoms with van der Waals surface area (Å²) in [6.45, 7) is 0. The first-order valence-electron chi connectivity index (χ1n) is 13.2. The monoisotopic (exact) mass is 583 g/mol. The molecule has 0 aliphatic carbocycles. The Hall–Kier alpha value is -5.02. The van der Waals surface area contributed by atoms with Crippen LogP contribution >= 0.6 is 11.3 Å². The fourth-order valence-electron chi connectivity index (χ4n) is 4.75. The third-order valence-corrected chi connectivity index (χ3v) is 7.66. The minimum atomic E-state index is -0.857. The Morgan fingerprint density at radius 2 is 1.48 bits per heavy atom. The molecule has 4 aromatic carbocycles. The summed E-state index contributed by atoms with van der Waals surface area (Å²) in [4.78, 5) is 25.5. The summed E-state index contributed by atoms with van der Waals surface area (Å²) in [6, 6.07) is 26.7. The lowest BCUT2D eigenvalue weighted by Crippen LogP contribution is -2.00.